The second-order valence-electron chi connectivity index (χ2n) is 5.52. The molecule has 1 aromatic rings. The normalized spacial score (nSPS) is 18.5. The molecule has 0 bridgehead atoms. The number of aliphatic hydroxyl groups is 1. The molecule has 1 heterocycles. The summed E-state index contributed by atoms with van der Waals surface area (Å²) in [6.45, 7) is 2.37. The van der Waals surface area contributed by atoms with Crippen LogP contribution in [-0.4, -0.2) is 49.6 Å². The third kappa shape index (κ3) is 4.26. The van der Waals surface area contributed by atoms with Crippen LogP contribution in [0.2, 0.25) is 0 Å². The third-order valence-corrected chi connectivity index (χ3v) is 5.08. The van der Waals surface area contributed by atoms with E-state index in [1.165, 1.54) is 12.1 Å². The predicted octanol–water partition coefficient (Wildman–Crippen LogP) is 0.338. The Morgan fingerprint density at radius 2 is 1.86 bits per heavy atom. The van der Waals surface area contributed by atoms with Crippen LogP contribution in [0.1, 0.15) is 19.8 Å². The highest BCUT2D eigenvalue weighted by Crippen LogP contribution is 2.20. The lowest BCUT2D eigenvalue weighted by atomic mass is 9.94. The van der Waals surface area contributed by atoms with E-state index in [2.05, 4.69) is 4.72 Å². The quantitative estimate of drug-likeness (QED) is 0.839. The van der Waals surface area contributed by atoms with Gasteiger partial charge in [0.15, 0.2) is 0 Å². The van der Waals surface area contributed by atoms with Crippen molar-refractivity contribution in [3.63, 3.8) is 0 Å². The molecule has 0 radical (unpaired) electrons. The van der Waals surface area contributed by atoms with Crippen LogP contribution in [0.4, 0.5) is 0 Å². The summed E-state index contributed by atoms with van der Waals surface area (Å²) >= 11 is 0. The average molecular weight is 312 g/mol. The lowest BCUT2D eigenvalue weighted by Gasteiger charge is -2.35. The van der Waals surface area contributed by atoms with Crippen LogP contribution in [0.15, 0.2) is 35.2 Å². The van der Waals surface area contributed by atoms with E-state index in [4.69, 9.17) is 0 Å². The van der Waals surface area contributed by atoms with Crippen LogP contribution < -0.4 is 4.72 Å². The van der Waals surface area contributed by atoms with Gasteiger partial charge < -0.3 is 10.0 Å². The van der Waals surface area contributed by atoms with Crippen LogP contribution >= 0.6 is 0 Å². The van der Waals surface area contributed by atoms with E-state index in [0.717, 1.165) is 0 Å². The summed E-state index contributed by atoms with van der Waals surface area (Å²) in [7, 11) is -3.66. The van der Waals surface area contributed by atoms with Gasteiger partial charge in [-0.25, -0.2) is 13.1 Å². The Kier molecular flexibility index (Phi) is 4.65. The number of nitrogens with zero attached hydrogens (tertiary/aromatic N) is 1. The summed E-state index contributed by atoms with van der Waals surface area (Å²) in [5.41, 5.74) is -0.736. The van der Waals surface area contributed by atoms with Crippen molar-refractivity contribution in [1.82, 2.24) is 9.62 Å². The second kappa shape index (κ2) is 6.13. The maximum atomic E-state index is 12.0. The van der Waals surface area contributed by atoms with Crippen LogP contribution in [0.25, 0.3) is 0 Å². The first kappa shape index (κ1) is 15.9. The van der Waals surface area contributed by atoms with E-state index in [-0.39, 0.29) is 17.3 Å². The van der Waals surface area contributed by atoms with E-state index in [9.17, 15) is 18.3 Å². The summed E-state index contributed by atoms with van der Waals surface area (Å²) in [5, 5.41) is 9.83. The molecule has 1 aliphatic rings. The Bertz CT molecular complexity index is 589. The molecule has 0 aliphatic carbocycles. The first-order chi connectivity index (χ1) is 9.80. The molecule has 7 heteroatoms. The molecule has 0 saturated carbocycles. The molecule has 1 amide bonds. The van der Waals surface area contributed by atoms with E-state index in [1.807, 2.05) is 0 Å². The number of carbonyl (C=O) groups is 1. The Morgan fingerprint density at radius 1 is 1.29 bits per heavy atom. The molecule has 6 nitrogen and oxygen atoms in total. The molecule has 21 heavy (non-hydrogen) atoms. The van der Waals surface area contributed by atoms with Gasteiger partial charge in [0.25, 0.3) is 0 Å². The number of benzene rings is 1. The van der Waals surface area contributed by atoms with Crippen molar-refractivity contribution in [2.75, 3.05) is 19.6 Å². The summed E-state index contributed by atoms with van der Waals surface area (Å²) in [6.07, 6.45) is 1.01. The Labute approximate surface area is 124 Å². The van der Waals surface area contributed by atoms with Crippen LogP contribution in [0, 0.1) is 0 Å². The number of hydrogen-bond donors (Lipinski definition) is 2. The third-order valence-electron chi connectivity index (χ3n) is 3.66. The topological polar surface area (TPSA) is 86.7 Å². The summed E-state index contributed by atoms with van der Waals surface area (Å²) in [4.78, 5) is 13.7. The summed E-state index contributed by atoms with van der Waals surface area (Å²) in [5.74, 6) is -0.273. The molecule has 2 N–H and O–H groups in total. The van der Waals surface area contributed by atoms with Crippen molar-refractivity contribution < 1.29 is 18.3 Å². The molecule has 0 unspecified atom stereocenters. The number of amides is 1. The highest BCUT2D eigenvalue weighted by atomic mass is 32.2. The maximum Gasteiger partial charge on any atom is 0.241 e. The van der Waals surface area contributed by atoms with Gasteiger partial charge in [-0.1, -0.05) is 18.2 Å². The number of carbonyl (C=O) groups excluding carboxylic acids is 1. The Hall–Kier alpha value is -1.44. The fraction of sp³-hybridized carbons (Fsp3) is 0.500. The van der Waals surface area contributed by atoms with Crippen molar-refractivity contribution in [2.45, 2.75) is 30.3 Å². The van der Waals surface area contributed by atoms with Crippen molar-refractivity contribution in [3.8, 4) is 0 Å². The van der Waals surface area contributed by atoms with E-state index in [1.54, 1.807) is 30.0 Å². The van der Waals surface area contributed by atoms with Gasteiger partial charge in [0, 0.05) is 13.1 Å². The maximum absolute atomic E-state index is 12.0. The fourth-order valence-electron chi connectivity index (χ4n) is 2.19. The molecule has 1 aromatic carbocycles. The minimum Gasteiger partial charge on any atom is -0.390 e. The monoisotopic (exact) mass is 312 g/mol. The number of piperidine rings is 1. The number of sulfonamides is 1. The molecule has 1 saturated heterocycles. The average Bonchev–Trinajstić information content (AvgIpc) is 2.46. The molecule has 1 fully saturated rings. The van der Waals surface area contributed by atoms with Gasteiger partial charge in [0.05, 0.1) is 17.0 Å². The van der Waals surface area contributed by atoms with Gasteiger partial charge in [0.1, 0.15) is 0 Å². The first-order valence-corrected chi connectivity index (χ1v) is 8.33. The van der Waals surface area contributed by atoms with Crippen molar-refractivity contribution in [2.24, 2.45) is 0 Å². The molecule has 2 rings (SSSR count). The number of hydrogen-bond acceptors (Lipinski definition) is 4. The summed E-state index contributed by atoms with van der Waals surface area (Å²) < 4.78 is 26.3. The van der Waals surface area contributed by atoms with Gasteiger partial charge in [-0.3, -0.25) is 4.79 Å². The zero-order valence-electron chi connectivity index (χ0n) is 11.9. The van der Waals surface area contributed by atoms with Gasteiger partial charge in [0.2, 0.25) is 15.9 Å². The van der Waals surface area contributed by atoms with Gasteiger partial charge in [-0.05, 0) is 31.9 Å². The molecular formula is C14H20N2O4S. The predicted molar refractivity (Wildman–Crippen MR) is 78.1 cm³/mol. The zero-order chi connectivity index (χ0) is 15.5. The van der Waals surface area contributed by atoms with Gasteiger partial charge in [-0.2, -0.15) is 0 Å². The van der Waals surface area contributed by atoms with Crippen LogP contribution in [0.3, 0.4) is 0 Å². The smallest absolute Gasteiger partial charge is 0.241 e. The lowest BCUT2D eigenvalue weighted by Crippen LogP contribution is -2.48. The first-order valence-electron chi connectivity index (χ1n) is 6.85. The molecule has 0 spiro atoms. The van der Waals surface area contributed by atoms with Crippen LogP contribution in [0.5, 0.6) is 0 Å². The Morgan fingerprint density at radius 3 is 2.43 bits per heavy atom. The van der Waals surface area contributed by atoms with Crippen molar-refractivity contribution in [3.05, 3.63) is 30.3 Å². The number of likely N-dealkylation sites (tertiary alicyclic amines) is 1. The van der Waals surface area contributed by atoms with Crippen molar-refractivity contribution >= 4 is 15.9 Å². The molecule has 116 valence electrons. The minimum atomic E-state index is -3.66. The molecule has 0 aromatic heterocycles. The van der Waals surface area contributed by atoms with E-state index >= 15 is 0 Å². The minimum absolute atomic E-state index is 0.138. The standard InChI is InChI=1S/C14H20N2O4S/c1-14(18)7-9-16(10-8-14)13(17)11-15-21(19,20)12-5-3-2-4-6-12/h2-6,15,18H,7-11H2,1H3. The lowest BCUT2D eigenvalue weighted by molar-refractivity contribution is -0.133. The molecule has 1 aliphatic heterocycles. The van der Waals surface area contributed by atoms with E-state index < -0.39 is 15.6 Å². The SMILES string of the molecule is CC1(O)CCN(C(=O)CNS(=O)(=O)c2ccccc2)CC1. The molecular weight excluding hydrogens is 292 g/mol. The van der Waals surface area contributed by atoms with Gasteiger partial charge >= 0.3 is 0 Å². The molecule has 0 atom stereocenters. The highest BCUT2D eigenvalue weighted by molar-refractivity contribution is 7.89. The highest BCUT2D eigenvalue weighted by Gasteiger charge is 2.29. The van der Waals surface area contributed by atoms with E-state index in [0.29, 0.717) is 25.9 Å². The largest absolute Gasteiger partial charge is 0.390 e. The Balaban J connectivity index is 1.90. The zero-order valence-corrected chi connectivity index (χ0v) is 12.8. The summed E-state index contributed by atoms with van der Waals surface area (Å²) in [6, 6.07) is 7.94. The number of nitrogens with one attached hydrogen (secondary N) is 1. The van der Waals surface area contributed by atoms with Crippen LogP contribution in [-0.2, 0) is 14.8 Å². The number of rotatable bonds is 4. The van der Waals surface area contributed by atoms with Gasteiger partial charge in [-0.15, -0.1) is 0 Å². The van der Waals surface area contributed by atoms with Crippen molar-refractivity contribution in [1.29, 1.82) is 0 Å². The second-order valence-corrected chi connectivity index (χ2v) is 7.28. The fourth-order valence-corrected chi connectivity index (χ4v) is 3.18.